The van der Waals surface area contributed by atoms with E-state index in [9.17, 15) is 4.79 Å². The van der Waals surface area contributed by atoms with E-state index in [2.05, 4.69) is 5.32 Å². The molecule has 0 spiro atoms. The lowest BCUT2D eigenvalue weighted by Gasteiger charge is -2.32. The average molecular weight is 345 g/mol. The molecular weight excluding hydrogens is 317 g/mol. The number of carbonyl (C=O) groups excluding carboxylic acids is 1. The zero-order chi connectivity index (χ0) is 18.8. The van der Waals surface area contributed by atoms with E-state index in [0.29, 0.717) is 6.54 Å². The Balaban J connectivity index is 2.35. The molecule has 1 saturated heterocycles. The monoisotopic (exact) mass is 345 g/mol. The number of carbonyl (C=O) groups is 1. The molecule has 1 N–H and O–H groups in total. The highest BCUT2D eigenvalue weighted by molar-refractivity contribution is 6.56. The smallest absolute Gasteiger partial charge is 0.492 e. The van der Waals surface area contributed by atoms with Crippen molar-refractivity contribution in [1.82, 2.24) is 5.32 Å². The van der Waals surface area contributed by atoms with Crippen molar-refractivity contribution in [3.63, 3.8) is 0 Å². The van der Waals surface area contributed by atoms with Crippen LogP contribution in [0, 0.1) is 6.92 Å². The molecule has 0 saturated carbocycles. The largest absolute Gasteiger partial charge is 0.496 e. The Bertz CT molecular complexity index is 666. The van der Waals surface area contributed by atoms with E-state index in [0.717, 1.165) is 22.3 Å². The standard InChI is InChI=1S/C19H28BNO4/c1-13-8-9-15(11-17(13)23-7)10-16(12-21-14(2)22)20-24-18(3,4)19(5,6)25-20/h8-11H,12H2,1-7H3,(H,21,22). The number of benzene rings is 1. The average Bonchev–Trinajstić information content (AvgIpc) is 2.73. The van der Waals surface area contributed by atoms with Crippen LogP contribution in [0.1, 0.15) is 45.7 Å². The molecule has 0 aliphatic carbocycles. The number of rotatable bonds is 5. The van der Waals surface area contributed by atoms with E-state index in [4.69, 9.17) is 14.0 Å². The first-order valence-corrected chi connectivity index (χ1v) is 8.51. The summed E-state index contributed by atoms with van der Waals surface area (Å²) in [6.07, 6.45) is 1.99. The lowest BCUT2D eigenvalue weighted by atomic mass is 9.77. The first-order valence-electron chi connectivity index (χ1n) is 8.51. The molecule has 25 heavy (non-hydrogen) atoms. The molecule has 0 aromatic heterocycles. The Morgan fingerprint density at radius 2 is 1.84 bits per heavy atom. The molecule has 1 fully saturated rings. The van der Waals surface area contributed by atoms with Gasteiger partial charge in [-0.25, -0.2) is 0 Å². The summed E-state index contributed by atoms with van der Waals surface area (Å²) in [6.45, 7) is 11.9. The van der Waals surface area contributed by atoms with Crippen LogP contribution in [0.2, 0.25) is 0 Å². The highest BCUT2D eigenvalue weighted by atomic mass is 16.7. The van der Waals surface area contributed by atoms with Crippen molar-refractivity contribution in [1.29, 1.82) is 0 Å². The molecule has 0 atom stereocenters. The van der Waals surface area contributed by atoms with Crippen molar-refractivity contribution in [3.05, 3.63) is 34.8 Å². The Labute approximate surface area is 150 Å². The summed E-state index contributed by atoms with van der Waals surface area (Å²) in [6, 6.07) is 5.98. The van der Waals surface area contributed by atoms with Crippen LogP contribution >= 0.6 is 0 Å². The zero-order valence-electron chi connectivity index (χ0n) is 16.2. The SMILES string of the molecule is COc1cc(C=C(CNC(C)=O)B2OC(C)(C)C(C)(C)O2)ccc1C. The highest BCUT2D eigenvalue weighted by Gasteiger charge is 2.52. The maximum Gasteiger partial charge on any atom is 0.492 e. The first kappa shape index (κ1) is 19.5. The van der Waals surface area contributed by atoms with E-state index in [1.54, 1.807) is 7.11 Å². The third kappa shape index (κ3) is 4.44. The van der Waals surface area contributed by atoms with Gasteiger partial charge in [-0.2, -0.15) is 0 Å². The molecule has 2 rings (SSSR count). The maximum atomic E-state index is 11.4. The van der Waals surface area contributed by atoms with Crippen LogP contribution in [-0.4, -0.2) is 37.9 Å². The number of nitrogens with one attached hydrogen (secondary N) is 1. The molecule has 1 amide bonds. The van der Waals surface area contributed by atoms with Crippen LogP contribution in [-0.2, 0) is 14.1 Å². The van der Waals surface area contributed by atoms with Crippen molar-refractivity contribution in [2.45, 2.75) is 52.7 Å². The van der Waals surface area contributed by atoms with E-state index >= 15 is 0 Å². The van der Waals surface area contributed by atoms with Crippen molar-refractivity contribution in [3.8, 4) is 5.75 Å². The zero-order valence-corrected chi connectivity index (χ0v) is 16.2. The molecule has 6 heteroatoms. The summed E-state index contributed by atoms with van der Waals surface area (Å²) in [5.74, 6) is 0.727. The molecule has 0 unspecified atom stereocenters. The van der Waals surface area contributed by atoms with Gasteiger partial charge in [-0.1, -0.05) is 18.2 Å². The predicted octanol–water partition coefficient (Wildman–Crippen LogP) is 3.15. The van der Waals surface area contributed by atoms with Gasteiger partial charge < -0.3 is 19.4 Å². The van der Waals surface area contributed by atoms with Crippen LogP contribution in [0.5, 0.6) is 5.75 Å². The second-order valence-electron chi connectivity index (χ2n) is 7.45. The summed E-state index contributed by atoms with van der Waals surface area (Å²) < 4.78 is 17.7. The number of ether oxygens (including phenoxy) is 1. The summed E-state index contributed by atoms with van der Waals surface area (Å²) in [7, 11) is 1.14. The highest BCUT2D eigenvalue weighted by Crippen LogP contribution is 2.38. The fourth-order valence-corrected chi connectivity index (χ4v) is 2.56. The Morgan fingerprint density at radius 3 is 2.36 bits per heavy atom. The minimum atomic E-state index is -0.510. The van der Waals surface area contributed by atoms with Gasteiger partial charge in [0.05, 0.1) is 18.3 Å². The lowest BCUT2D eigenvalue weighted by molar-refractivity contribution is -0.118. The van der Waals surface area contributed by atoms with Gasteiger partial charge in [-0.15, -0.1) is 0 Å². The topological polar surface area (TPSA) is 56.8 Å². The van der Waals surface area contributed by atoms with Crippen molar-refractivity contribution >= 4 is 19.1 Å². The molecule has 0 bridgehead atoms. The van der Waals surface area contributed by atoms with Crippen molar-refractivity contribution < 1.29 is 18.8 Å². The molecule has 1 heterocycles. The van der Waals surface area contributed by atoms with E-state index in [1.807, 2.05) is 58.9 Å². The molecular formula is C19H28BNO4. The van der Waals surface area contributed by atoms with Crippen LogP contribution < -0.4 is 10.1 Å². The predicted molar refractivity (Wildman–Crippen MR) is 100 cm³/mol. The van der Waals surface area contributed by atoms with Crippen molar-refractivity contribution in [2.24, 2.45) is 0 Å². The molecule has 5 nitrogen and oxygen atoms in total. The van der Waals surface area contributed by atoms with E-state index in [1.165, 1.54) is 6.92 Å². The van der Waals surface area contributed by atoms with Crippen LogP contribution in [0.15, 0.2) is 23.7 Å². The van der Waals surface area contributed by atoms with Gasteiger partial charge in [0, 0.05) is 13.5 Å². The van der Waals surface area contributed by atoms with Gasteiger partial charge in [-0.05, 0) is 57.3 Å². The normalized spacial score (nSPS) is 19.0. The molecule has 1 aromatic carbocycles. The van der Waals surface area contributed by atoms with Crippen LogP contribution in [0.25, 0.3) is 6.08 Å². The first-order chi connectivity index (χ1) is 11.6. The van der Waals surface area contributed by atoms with Crippen LogP contribution in [0.4, 0.5) is 0 Å². The second kappa shape index (κ2) is 7.22. The minimum Gasteiger partial charge on any atom is -0.496 e. The third-order valence-corrected chi connectivity index (χ3v) is 4.88. The van der Waals surface area contributed by atoms with E-state index in [-0.39, 0.29) is 5.91 Å². The maximum absolute atomic E-state index is 11.4. The number of methoxy groups -OCH3 is 1. The third-order valence-electron chi connectivity index (χ3n) is 4.88. The summed E-state index contributed by atoms with van der Waals surface area (Å²) >= 11 is 0. The number of hydrogen-bond donors (Lipinski definition) is 1. The van der Waals surface area contributed by atoms with Gasteiger partial charge in [0.1, 0.15) is 5.75 Å². The second-order valence-corrected chi connectivity index (χ2v) is 7.45. The Kier molecular flexibility index (Phi) is 5.64. The molecule has 1 aliphatic rings. The van der Waals surface area contributed by atoms with Gasteiger partial charge in [0.15, 0.2) is 0 Å². The fourth-order valence-electron chi connectivity index (χ4n) is 2.56. The molecule has 0 radical (unpaired) electrons. The molecule has 1 aromatic rings. The molecule has 136 valence electrons. The summed E-state index contributed by atoms with van der Waals surface area (Å²) in [5, 5.41) is 2.84. The number of aryl methyl sites for hydroxylation is 1. The van der Waals surface area contributed by atoms with Gasteiger partial charge in [0.2, 0.25) is 5.91 Å². The Hall–Kier alpha value is -1.79. The number of amides is 1. The summed E-state index contributed by atoms with van der Waals surface area (Å²) in [5.41, 5.74) is 2.03. The van der Waals surface area contributed by atoms with Gasteiger partial charge in [-0.3, -0.25) is 4.79 Å². The minimum absolute atomic E-state index is 0.0936. The van der Waals surface area contributed by atoms with Gasteiger partial charge in [0.25, 0.3) is 0 Å². The summed E-state index contributed by atoms with van der Waals surface area (Å²) in [4.78, 5) is 11.4. The van der Waals surface area contributed by atoms with E-state index < -0.39 is 18.3 Å². The molecule has 1 aliphatic heterocycles. The lowest BCUT2D eigenvalue weighted by Crippen LogP contribution is -2.41. The van der Waals surface area contributed by atoms with Gasteiger partial charge >= 0.3 is 7.12 Å². The van der Waals surface area contributed by atoms with Crippen LogP contribution in [0.3, 0.4) is 0 Å². The Morgan fingerprint density at radius 1 is 1.24 bits per heavy atom. The number of hydrogen-bond acceptors (Lipinski definition) is 4. The fraction of sp³-hybridized carbons (Fsp3) is 0.526. The quantitative estimate of drug-likeness (QED) is 0.833. The van der Waals surface area contributed by atoms with Crippen molar-refractivity contribution in [2.75, 3.05) is 13.7 Å².